The number of hydrogen-bond donors (Lipinski definition) is 0. The third kappa shape index (κ3) is 2.99. The first-order valence-electron chi connectivity index (χ1n) is 8.19. The van der Waals surface area contributed by atoms with Crippen LogP contribution >= 0.6 is 0 Å². The van der Waals surface area contributed by atoms with E-state index in [9.17, 15) is 9.59 Å². The predicted octanol–water partition coefficient (Wildman–Crippen LogP) is 3.43. The van der Waals surface area contributed by atoms with Gasteiger partial charge < -0.3 is 4.90 Å². The lowest BCUT2D eigenvalue weighted by Crippen LogP contribution is -2.47. The Balaban J connectivity index is 2.23. The Hall–Kier alpha value is -1.32. The molecule has 2 aliphatic rings. The summed E-state index contributed by atoms with van der Waals surface area (Å²) in [5.74, 6) is 0.255. The number of urea groups is 1. The highest BCUT2D eigenvalue weighted by molar-refractivity contribution is 5.97. The van der Waals surface area contributed by atoms with Crippen molar-refractivity contribution in [2.45, 2.75) is 64.5 Å². The molecule has 3 atom stereocenters. The number of allylic oxidation sites excluding steroid dienone is 1. The highest BCUT2D eigenvalue weighted by atomic mass is 16.2. The average Bonchev–Trinajstić information content (AvgIpc) is 2.72. The van der Waals surface area contributed by atoms with E-state index in [0.29, 0.717) is 12.3 Å². The Kier molecular flexibility index (Phi) is 5.07. The fraction of sp³-hybridized carbons (Fsp3) is 0.765. The van der Waals surface area contributed by atoms with Crippen molar-refractivity contribution < 1.29 is 9.59 Å². The molecule has 0 aromatic heterocycles. The van der Waals surface area contributed by atoms with E-state index in [1.54, 1.807) is 15.9 Å². The highest BCUT2D eigenvalue weighted by Gasteiger charge is 2.48. The summed E-state index contributed by atoms with van der Waals surface area (Å²) in [6.07, 6.45) is 8.36. The van der Waals surface area contributed by atoms with Crippen LogP contribution in [0.3, 0.4) is 0 Å². The Morgan fingerprint density at radius 2 is 2.00 bits per heavy atom. The molecule has 1 saturated carbocycles. The molecule has 0 bridgehead atoms. The SMILES string of the molecule is C=CC[C@H](C)C(=O)N1C(=O)N(C)[C@@H](C)[C@H]1C1CCCCC1. The number of carbonyl (C=O) groups excluding carboxylic acids is 2. The number of nitrogens with zero attached hydrogens (tertiary/aromatic N) is 2. The fourth-order valence-corrected chi connectivity index (χ4v) is 3.83. The lowest BCUT2D eigenvalue weighted by molar-refractivity contribution is -0.134. The first-order valence-corrected chi connectivity index (χ1v) is 8.19. The molecule has 2 rings (SSSR count). The van der Waals surface area contributed by atoms with Crippen LogP contribution in [0.5, 0.6) is 0 Å². The minimum absolute atomic E-state index is 0.0355. The Morgan fingerprint density at radius 1 is 1.38 bits per heavy atom. The van der Waals surface area contributed by atoms with Crippen molar-refractivity contribution in [3.05, 3.63) is 12.7 Å². The molecule has 1 heterocycles. The third-order valence-corrected chi connectivity index (χ3v) is 5.22. The Labute approximate surface area is 128 Å². The van der Waals surface area contributed by atoms with Crippen molar-refractivity contribution in [1.29, 1.82) is 0 Å². The van der Waals surface area contributed by atoms with Crippen LogP contribution in [-0.4, -0.2) is 40.9 Å². The molecular formula is C17H28N2O2. The summed E-state index contributed by atoms with van der Waals surface area (Å²) in [5.41, 5.74) is 0. The summed E-state index contributed by atoms with van der Waals surface area (Å²) in [6.45, 7) is 7.66. The summed E-state index contributed by atoms with van der Waals surface area (Å²) in [4.78, 5) is 28.5. The number of rotatable bonds is 4. The molecule has 0 aromatic carbocycles. The van der Waals surface area contributed by atoms with Crippen LogP contribution in [0.4, 0.5) is 4.79 Å². The van der Waals surface area contributed by atoms with Crippen LogP contribution in [-0.2, 0) is 4.79 Å². The van der Waals surface area contributed by atoms with Gasteiger partial charge in [0.2, 0.25) is 5.91 Å². The van der Waals surface area contributed by atoms with Gasteiger partial charge in [-0.25, -0.2) is 4.79 Å². The topological polar surface area (TPSA) is 40.6 Å². The second-order valence-electron chi connectivity index (χ2n) is 6.66. The van der Waals surface area contributed by atoms with Crippen molar-refractivity contribution in [2.75, 3.05) is 7.05 Å². The molecule has 4 heteroatoms. The maximum Gasteiger partial charge on any atom is 0.327 e. The van der Waals surface area contributed by atoms with E-state index >= 15 is 0 Å². The average molecular weight is 292 g/mol. The number of likely N-dealkylation sites (N-methyl/N-ethyl adjacent to an activating group) is 1. The third-order valence-electron chi connectivity index (χ3n) is 5.22. The summed E-state index contributed by atoms with van der Waals surface area (Å²) in [5, 5.41) is 0. The maximum absolute atomic E-state index is 12.7. The maximum atomic E-state index is 12.7. The molecule has 0 radical (unpaired) electrons. The molecule has 1 saturated heterocycles. The van der Waals surface area contributed by atoms with Crippen LogP contribution < -0.4 is 0 Å². The minimum Gasteiger partial charge on any atom is -0.323 e. The molecule has 3 amide bonds. The first kappa shape index (κ1) is 16.1. The van der Waals surface area contributed by atoms with Crippen molar-refractivity contribution in [1.82, 2.24) is 9.80 Å². The molecule has 0 N–H and O–H groups in total. The van der Waals surface area contributed by atoms with E-state index in [1.807, 2.05) is 14.0 Å². The molecule has 1 aliphatic carbocycles. The van der Waals surface area contributed by atoms with Crippen LogP contribution in [0, 0.1) is 11.8 Å². The van der Waals surface area contributed by atoms with Crippen LogP contribution in [0.1, 0.15) is 52.4 Å². The summed E-state index contributed by atoms with van der Waals surface area (Å²) >= 11 is 0. The largest absolute Gasteiger partial charge is 0.327 e. The van der Waals surface area contributed by atoms with E-state index in [4.69, 9.17) is 0 Å². The van der Waals surface area contributed by atoms with Crippen molar-refractivity contribution in [3.63, 3.8) is 0 Å². The molecule has 4 nitrogen and oxygen atoms in total. The predicted molar refractivity (Wildman–Crippen MR) is 83.8 cm³/mol. The highest BCUT2D eigenvalue weighted by Crippen LogP contribution is 2.36. The zero-order valence-electron chi connectivity index (χ0n) is 13.5. The van der Waals surface area contributed by atoms with Gasteiger partial charge in [-0.15, -0.1) is 6.58 Å². The van der Waals surface area contributed by atoms with Crippen molar-refractivity contribution in [3.8, 4) is 0 Å². The molecule has 2 fully saturated rings. The van der Waals surface area contributed by atoms with Crippen LogP contribution in [0.15, 0.2) is 12.7 Å². The number of carbonyl (C=O) groups is 2. The molecule has 118 valence electrons. The molecule has 0 aromatic rings. The van der Waals surface area contributed by atoms with Crippen molar-refractivity contribution in [2.24, 2.45) is 11.8 Å². The van der Waals surface area contributed by atoms with E-state index < -0.39 is 0 Å². The molecule has 0 spiro atoms. The number of amides is 3. The van der Waals surface area contributed by atoms with Crippen LogP contribution in [0.2, 0.25) is 0 Å². The molecule has 1 aliphatic heterocycles. The van der Waals surface area contributed by atoms with Gasteiger partial charge >= 0.3 is 6.03 Å². The second kappa shape index (κ2) is 6.63. The Morgan fingerprint density at radius 3 is 2.57 bits per heavy atom. The van der Waals surface area contributed by atoms with Gasteiger partial charge in [0.05, 0.1) is 12.1 Å². The quantitative estimate of drug-likeness (QED) is 0.745. The van der Waals surface area contributed by atoms with Gasteiger partial charge in [-0.05, 0) is 32.1 Å². The van der Waals surface area contributed by atoms with Gasteiger partial charge in [0.15, 0.2) is 0 Å². The van der Waals surface area contributed by atoms with E-state index in [1.165, 1.54) is 19.3 Å². The number of imide groups is 1. The number of hydrogen-bond acceptors (Lipinski definition) is 2. The standard InChI is InChI=1S/C17H28N2O2/c1-5-9-12(2)16(20)19-15(13(3)18(4)17(19)21)14-10-7-6-8-11-14/h5,12-15H,1,6-11H2,2-4H3/t12-,13-,15-/m0/s1. The molecule has 0 unspecified atom stereocenters. The smallest absolute Gasteiger partial charge is 0.323 e. The van der Waals surface area contributed by atoms with Gasteiger partial charge in [-0.3, -0.25) is 9.69 Å². The first-order chi connectivity index (χ1) is 9.99. The molecular weight excluding hydrogens is 264 g/mol. The Bertz CT molecular complexity index is 415. The lowest BCUT2D eigenvalue weighted by atomic mass is 9.81. The normalized spacial score (nSPS) is 28.8. The van der Waals surface area contributed by atoms with Crippen LogP contribution in [0.25, 0.3) is 0 Å². The van der Waals surface area contributed by atoms with Gasteiger partial charge in [-0.2, -0.15) is 0 Å². The van der Waals surface area contributed by atoms with Gasteiger partial charge in [-0.1, -0.05) is 32.3 Å². The van der Waals surface area contributed by atoms with Gasteiger partial charge in [0, 0.05) is 13.0 Å². The van der Waals surface area contributed by atoms with E-state index in [0.717, 1.165) is 12.8 Å². The van der Waals surface area contributed by atoms with Gasteiger partial charge in [0.25, 0.3) is 0 Å². The molecule has 21 heavy (non-hydrogen) atoms. The lowest BCUT2D eigenvalue weighted by Gasteiger charge is -2.35. The minimum atomic E-state index is -0.170. The zero-order valence-corrected chi connectivity index (χ0v) is 13.5. The summed E-state index contributed by atoms with van der Waals surface area (Å²) < 4.78 is 0. The summed E-state index contributed by atoms with van der Waals surface area (Å²) in [6, 6.07) is 0.0297. The van der Waals surface area contributed by atoms with E-state index in [2.05, 4.69) is 13.5 Å². The zero-order chi connectivity index (χ0) is 15.6. The fourth-order valence-electron chi connectivity index (χ4n) is 3.83. The second-order valence-corrected chi connectivity index (χ2v) is 6.66. The summed E-state index contributed by atoms with van der Waals surface area (Å²) in [7, 11) is 1.81. The monoisotopic (exact) mass is 292 g/mol. The van der Waals surface area contributed by atoms with Crippen molar-refractivity contribution >= 4 is 11.9 Å². The van der Waals surface area contributed by atoms with Gasteiger partial charge in [0.1, 0.15) is 0 Å². The van der Waals surface area contributed by atoms with E-state index in [-0.39, 0.29) is 29.9 Å².